The largest absolute Gasteiger partial charge is 0.393 e. The van der Waals surface area contributed by atoms with Crippen LogP contribution >= 0.6 is 0 Å². The Kier molecular flexibility index (Phi) is 10.0. The van der Waals surface area contributed by atoms with E-state index in [2.05, 4.69) is 13.8 Å². The second kappa shape index (κ2) is 10.0. The molecule has 0 fully saturated rings. The Bertz CT molecular complexity index is 91.1. The molecular weight excluding hydrogens is 160 g/mol. The minimum absolute atomic E-state index is 0.0263. The molecule has 0 aromatic carbocycles. The summed E-state index contributed by atoms with van der Waals surface area (Å²) in [5.74, 6) is 0. The molecule has 0 radical (unpaired) electrons. The molecule has 1 atom stereocenters. The van der Waals surface area contributed by atoms with Gasteiger partial charge < -0.3 is 5.11 Å². The number of hydrogen-bond donors (Lipinski definition) is 1. The Labute approximate surface area is 83.5 Å². The lowest BCUT2D eigenvalue weighted by molar-refractivity contribution is 0.148. The lowest BCUT2D eigenvalue weighted by Crippen LogP contribution is -2.05. The van der Waals surface area contributed by atoms with Crippen molar-refractivity contribution < 1.29 is 5.11 Å². The molecule has 0 bridgehead atoms. The van der Waals surface area contributed by atoms with E-state index in [1.165, 1.54) is 44.9 Å². The Morgan fingerprint density at radius 1 is 0.769 bits per heavy atom. The van der Waals surface area contributed by atoms with Crippen molar-refractivity contribution in [1.29, 1.82) is 0 Å². The molecule has 13 heavy (non-hydrogen) atoms. The Morgan fingerprint density at radius 3 is 1.92 bits per heavy atom. The van der Waals surface area contributed by atoms with E-state index in [4.69, 9.17) is 0 Å². The third kappa shape index (κ3) is 9.88. The van der Waals surface area contributed by atoms with Gasteiger partial charge in [-0.1, -0.05) is 58.8 Å². The molecule has 0 rings (SSSR count). The van der Waals surface area contributed by atoms with Gasteiger partial charge in [0.2, 0.25) is 0 Å². The molecule has 0 heterocycles. The molecule has 80 valence electrons. The minimum atomic E-state index is -0.0263. The van der Waals surface area contributed by atoms with Gasteiger partial charge in [0.1, 0.15) is 0 Å². The van der Waals surface area contributed by atoms with Crippen LogP contribution in [0.2, 0.25) is 0 Å². The summed E-state index contributed by atoms with van der Waals surface area (Å²) in [6.45, 7) is 4.41. The van der Waals surface area contributed by atoms with Crippen LogP contribution in [0.3, 0.4) is 0 Å². The summed E-state index contributed by atoms with van der Waals surface area (Å²) in [5, 5.41) is 9.54. The predicted molar refractivity (Wildman–Crippen MR) is 58.9 cm³/mol. The van der Waals surface area contributed by atoms with Gasteiger partial charge in [0, 0.05) is 0 Å². The summed E-state index contributed by atoms with van der Waals surface area (Å²) in [6, 6.07) is 0. The van der Waals surface area contributed by atoms with Crippen molar-refractivity contribution in [2.75, 3.05) is 0 Å². The smallest absolute Gasteiger partial charge is 0.0540 e. The average molecular weight is 186 g/mol. The SMILES string of the molecule is CCCCCCC[C@@H](O)CCCC. The third-order valence-corrected chi connectivity index (χ3v) is 2.53. The number of aliphatic hydroxyl groups is 1. The van der Waals surface area contributed by atoms with E-state index < -0.39 is 0 Å². The van der Waals surface area contributed by atoms with E-state index in [1.807, 2.05) is 0 Å². The van der Waals surface area contributed by atoms with Gasteiger partial charge in [0.25, 0.3) is 0 Å². The molecule has 0 saturated heterocycles. The molecule has 0 saturated carbocycles. The second-order valence-electron chi connectivity index (χ2n) is 4.00. The van der Waals surface area contributed by atoms with E-state index >= 15 is 0 Å². The van der Waals surface area contributed by atoms with Gasteiger partial charge in [0.15, 0.2) is 0 Å². The van der Waals surface area contributed by atoms with E-state index in [9.17, 15) is 5.11 Å². The van der Waals surface area contributed by atoms with Crippen LogP contribution in [0, 0.1) is 0 Å². The average Bonchev–Trinajstić information content (AvgIpc) is 2.14. The molecule has 1 N–H and O–H groups in total. The van der Waals surface area contributed by atoms with Gasteiger partial charge in [-0.25, -0.2) is 0 Å². The molecule has 0 aliphatic carbocycles. The summed E-state index contributed by atoms with van der Waals surface area (Å²) >= 11 is 0. The highest BCUT2D eigenvalue weighted by Crippen LogP contribution is 2.10. The lowest BCUT2D eigenvalue weighted by Gasteiger charge is -2.08. The summed E-state index contributed by atoms with van der Waals surface area (Å²) < 4.78 is 0. The molecule has 0 spiro atoms. The summed E-state index contributed by atoms with van der Waals surface area (Å²) in [5.41, 5.74) is 0. The molecule has 0 aromatic heterocycles. The zero-order chi connectivity index (χ0) is 9.94. The highest BCUT2D eigenvalue weighted by atomic mass is 16.3. The van der Waals surface area contributed by atoms with Crippen molar-refractivity contribution in [3.8, 4) is 0 Å². The Morgan fingerprint density at radius 2 is 1.31 bits per heavy atom. The van der Waals surface area contributed by atoms with Crippen LogP contribution in [0.1, 0.15) is 71.6 Å². The van der Waals surface area contributed by atoms with Crippen molar-refractivity contribution in [1.82, 2.24) is 0 Å². The first-order chi connectivity index (χ1) is 6.31. The number of unbranched alkanes of at least 4 members (excludes halogenated alkanes) is 5. The van der Waals surface area contributed by atoms with Crippen LogP contribution < -0.4 is 0 Å². The molecule has 0 aliphatic heterocycles. The maximum absolute atomic E-state index is 9.54. The van der Waals surface area contributed by atoms with Crippen molar-refractivity contribution in [2.24, 2.45) is 0 Å². The Hall–Kier alpha value is -0.0400. The van der Waals surface area contributed by atoms with Gasteiger partial charge in [-0.3, -0.25) is 0 Å². The molecule has 1 nitrogen and oxygen atoms in total. The fourth-order valence-electron chi connectivity index (χ4n) is 1.57. The van der Waals surface area contributed by atoms with Crippen LogP contribution in [-0.2, 0) is 0 Å². The predicted octanol–water partition coefficient (Wildman–Crippen LogP) is 3.90. The van der Waals surface area contributed by atoms with E-state index in [-0.39, 0.29) is 6.10 Å². The fraction of sp³-hybridized carbons (Fsp3) is 1.00. The first-order valence-electron chi connectivity index (χ1n) is 5.99. The lowest BCUT2D eigenvalue weighted by atomic mass is 10.0. The molecular formula is C12H26O. The maximum atomic E-state index is 9.54. The standard InChI is InChI=1S/C12H26O/c1-3-5-7-8-9-11-12(13)10-6-4-2/h12-13H,3-11H2,1-2H3/t12-/m0/s1. The van der Waals surface area contributed by atoms with Gasteiger partial charge in [-0.15, -0.1) is 0 Å². The zero-order valence-electron chi connectivity index (χ0n) is 9.39. The number of rotatable bonds is 9. The third-order valence-electron chi connectivity index (χ3n) is 2.53. The Balaban J connectivity index is 3.03. The van der Waals surface area contributed by atoms with Crippen LogP contribution in [0.15, 0.2) is 0 Å². The van der Waals surface area contributed by atoms with Crippen molar-refractivity contribution in [3.63, 3.8) is 0 Å². The van der Waals surface area contributed by atoms with E-state index in [0.29, 0.717) is 0 Å². The van der Waals surface area contributed by atoms with Crippen molar-refractivity contribution in [2.45, 2.75) is 77.7 Å². The zero-order valence-corrected chi connectivity index (χ0v) is 9.39. The van der Waals surface area contributed by atoms with Crippen molar-refractivity contribution in [3.05, 3.63) is 0 Å². The molecule has 0 aliphatic rings. The molecule has 1 heteroatoms. The van der Waals surface area contributed by atoms with Crippen LogP contribution in [0.4, 0.5) is 0 Å². The number of aliphatic hydroxyl groups excluding tert-OH is 1. The fourth-order valence-corrected chi connectivity index (χ4v) is 1.57. The number of hydrogen-bond acceptors (Lipinski definition) is 1. The summed E-state index contributed by atoms with van der Waals surface area (Å²) in [7, 11) is 0. The maximum Gasteiger partial charge on any atom is 0.0540 e. The van der Waals surface area contributed by atoms with E-state index in [0.717, 1.165) is 12.8 Å². The topological polar surface area (TPSA) is 20.2 Å². The highest BCUT2D eigenvalue weighted by molar-refractivity contribution is 4.55. The van der Waals surface area contributed by atoms with Crippen molar-refractivity contribution >= 4 is 0 Å². The molecule has 0 unspecified atom stereocenters. The van der Waals surface area contributed by atoms with Crippen LogP contribution in [0.25, 0.3) is 0 Å². The van der Waals surface area contributed by atoms with Gasteiger partial charge in [-0.05, 0) is 12.8 Å². The van der Waals surface area contributed by atoms with E-state index in [1.54, 1.807) is 0 Å². The second-order valence-corrected chi connectivity index (χ2v) is 4.00. The monoisotopic (exact) mass is 186 g/mol. The normalized spacial score (nSPS) is 13.2. The van der Waals surface area contributed by atoms with Crippen LogP contribution in [-0.4, -0.2) is 11.2 Å². The van der Waals surface area contributed by atoms with Gasteiger partial charge in [-0.2, -0.15) is 0 Å². The van der Waals surface area contributed by atoms with Gasteiger partial charge >= 0.3 is 0 Å². The van der Waals surface area contributed by atoms with Gasteiger partial charge in [0.05, 0.1) is 6.10 Å². The minimum Gasteiger partial charge on any atom is -0.393 e. The molecule has 0 amide bonds. The first kappa shape index (κ1) is 13.0. The highest BCUT2D eigenvalue weighted by Gasteiger charge is 2.01. The summed E-state index contributed by atoms with van der Waals surface area (Å²) in [6.07, 6.45) is 10.9. The van der Waals surface area contributed by atoms with Crippen LogP contribution in [0.5, 0.6) is 0 Å². The quantitative estimate of drug-likeness (QED) is 0.541. The molecule has 0 aromatic rings. The summed E-state index contributed by atoms with van der Waals surface area (Å²) in [4.78, 5) is 0. The first-order valence-corrected chi connectivity index (χ1v) is 5.99.